The van der Waals surface area contributed by atoms with E-state index < -0.39 is 0 Å². The highest BCUT2D eigenvalue weighted by Gasteiger charge is 2.62. The van der Waals surface area contributed by atoms with Gasteiger partial charge in [0.15, 0.2) is 0 Å². The highest BCUT2D eigenvalue weighted by Crippen LogP contribution is 2.66. The molecule has 3 aliphatic carbocycles. The quantitative estimate of drug-likeness (QED) is 0.829. The molecule has 132 valence electrons. The number of nitrogens with zero attached hydrogens (tertiary/aromatic N) is 1. The Bertz CT molecular complexity index is 646. The van der Waals surface area contributed by atoms with Crippen LogP contribution in [0.2, 0.25) is 0 Å². The van der Waals surface area contributed by atoms with Crippen molar-refractivity contribution in [1.82, 2.24) is 4.98 Å². The van der Waals surface area contributed by atoms with Gasteiger partial charge in [0.05, 0.1) is 12.7 Å². The molecule has 1 aromatic heterocycles. The van der Waals surface area contributed by atoms with Crippen LogP contribution in [0.25, 0.3) is 0 Å². The van der Waals surface area contributed by atoms with E-state index >= 15 is 0 Å². The zero-order valence-electron chi connectivity index (χ0n) is 15.3. The van der Waals surface area contributed by atoms with E-state index in [4.69, 9.17) is 4.98 Å². The van der Waals surface area contributed by atoms with Crippen LogP contribution in [-0.2, 0) is 11.8 Å². The molecule has 6 atom stereocenters. The molecule has 0 saturated heterocycles. The summed E-state index contributed by atoms with van der Waals surface area (Å²) >= 11 is 0. The molecule has 4 rings (SSSR count). The van der Waals surface area contributed by atoms with Gasteiger partial charge in [0.1, 0.15) is 0 Å². The highest BCUT2D eigenvalue weighted by molar-refractivity contribution is 5.34. The molecule has 0 bridgehead atoms. The van der Waals surface area contributed by atoms with E-state index in [1.54, 1.807) is 0 Å². The molecule has 1 aromatic rings. The van der Waals surface area contributed by atoms with E-state index in [1.165, 1.54) is 17.7 Å². The summed E-state index contributed by atoms with van der Waals surface area (Å²) in [6.45, 7) is 7.06. The Balaban J connectivity index is 1.79. The van der Waals surface area contributed by atoms with Gasteiger partial charge >= 0.3 is 0 Å². The van der Waals surface area contributed by atoms with Crippen molar-refractivity contribution in [3.8, 4) is 0 Å². The minimum absolute atomic E-state index is 0.0900. The Morgan fingerprint density at radius 2 is 1.92 bits per heavy atom. The van der Waals surface area contributed by atoms with Crippen LogP contribution in [-0.4, -0.2) is 27.9 Å². The van der Waals surface area contributed by atoms with E-state index in [9.17, 15) is 10.2 Å². The lowest BCUT2D eigenvalue weighted by atomic mass is 9.40. The van der Waals surface area contributed by atoms with Gasteiger partial charge in [-0.25, -0.2) is 0 Å². The van der Waals surface area contributed by atoms with Crippen LogP contribution < -0.4 is 0 Å². The highest BCUT2D eigenvalue weighted by atomic mass is 16.3. The third kappa shape index (κ3) is 1.94. The average Bonchev–Trinajstić information content (AvgIpc) is 2.58. The second kappa shape index (κ2) is 5.28. The SMILES string of the molecule is C[C@]12CC[C@H](O)[C@](C)(CO)[C@@H]1CC[C@@]1(C)c3ncccc3CC[C@H]21. The number of fused-ring (bicyclic) bond motifs is 5. The van der Waals surface area contributed by atoms with Crippen molar-refractivity contribution in [2.45, 2.75) is 70.8 Å². The summed E-state index contributed by atoms with van der Waals surface area (Å²) in [4.78, 5) is 4.82. The third-order valence-corrected chi connectivity index (χ3v) is 8.30. The first-order valence-electron chi connectivity index (χ1n) is 9.59. The summed E-state index contributed by atoms with van der Waals surface area (Å²) in [6, 6.07) is 4.32. The molecule has 0 aromatic carbocycles. The predicted octanol–water partition coefficient (Wildman–Crippen LogP) is 3.47. The average molecular weight is 329 g/mol. The first-order valence-corrected chi connectivity index (χ1v) is 9.59. The molecule has 3 aliphatic rings. The van der Waals surface area contributed by atoms with Crippen LogP contribution >= 0.6 is 0 Å². The Kier molecular flexibility index (Phi) is 3.64. The van der Waals surface area contributed by atoms with Crippen LogP contribution in [0.4, 0.5) is 0 Å². The van der Waals surface area contributed by atoms with Gasteiger partial charge in [0, 0.05) is 22.7 Å². The molecule has 0 aliphatic heterocycles. The lowest BCUT2D eigenvalue weighted by Gasteiger charge is -2.64. The van der Waals surface area contributed by atoms with Crippen molar-refractivity contribution < 1.29 is 10.2 Å². The molecule has 2 fully saturated rings. The molecule has 0 spiro atoms. The predicted molar refractivity (Wildman–Crippen MR) is 94.7 cm³/mol. The molecule has 0 amide bonds. The zero-order valence-corrected chi connectivity index (χ0v) is 15.3. The van der Waals surface area contributed by atoms with Gasteiger partial charge in [-0.2, -0.15) is 0 Å². The number of hydrogen-bond acceptors (Lipinski definition) is 3. The Morgan fingerprint density at radius 3 is 2.67 bits per heavy atom. The van der Waals surface area contributed by atoms with Gasteiger partial charge in [0.25, 0.3) is 0 Å². The zero-order chi connectivity index (χ0) is 17.2. The number of hydrogen-bond donors (Lipinski definition) is 2. The van der Waals surface area contributed by atoms with Crippen LogP contribution in [0.15, 0.2) is 18.3 Å². The standard InChI is InChI=1S/C21H31NO2/c1-19-11-9-17(24)21(3,13-23)16(19)8-10-20(2)15(19)7-6-14-5-4-12-22-18(14)20/h4-5,12,15-17,23-24H,6-11,13H2,1-3H3/t15-,16-,17+,19-,20-,21-/m1/s1. The van der Waals surface area contributed by atoms with Gasteiger partial charge in [-0.3, -0.25) is 4.98 Å². The monoisotopic (exact) mass is 329 g/mol. The van der Waals surface area contributed by atoms with Crippen molar-refractivity contribution in [2.24, 2.45) is 22.7 Å². The van der Waals surface area contributed by atoms with Gasteiger partial charge in [0.2, 0.25) is 0 Å². The number of aliphatic hydroxyl groups excluding tert-OH is 2. The first-order chi connectivity index (χ1) is 11.4. The maximum absolute atomic E-state index is 10.6. The molecule has 0 unspecified atom stereocenters. The summed E-state index contributed by atoms with van der Waals surface area (Å²) in [6.07, 6.45) is 7.97. The fourth-order valence-corrected chi connectivity index (χ4v) is 6.96. The summed E-state index contributed by atoms with van der Waals surface area (Å²) in [5.74, 6) is 0.978. The maximum atomic E-state index is 10.6. The largest absolute Gasteiger partial charge is 0.396 e. The molecule has 3 heteroatoms. The molecule has 1 heterocycles. The Labute approximate surface area is 145 Å². The van der Waals surface area contributed by atoms with Gasteiger partial charge < -0.3 is 10.2 Å². The van der Waals surface area contributed by atoms with Crippen LogP contribution in [0.5, 0.6) is 0 Å². The molecule has 0 radical (unpaired) electrons. The molecule has 3 nitrogen and oxygen atoms in total. The van der Waals surface area contributed by atoms with E-state index in [1.807, 2.05) is 6.20 Å². The number of aromatic nitrogens is 1. The van der Waals surface area contributed by atoms with Crippen LogP contribution in [0.1, 0.15) is 64.1 Å². The van der Waals surface area contributed by atoms with Crippen molar-refractivity contribution in [1.29, 1.82) is 0 Å². The summed E-state index contributed by atoms with van der Waals surface area (Å²) < 4.78 is 0. The van der Waals surface area contributed by atoms with E-state index in [0.29, 0.717) is 11.8 Å². The minimum atomic E-state index is -0.376. The van der Waals surface area contributed by atoms with E-state index in [2.05, 4.69) is 32.9 Å². The smallest absolute Gasteiger partial charge is 0.0618 e. The van der Waals surface area contributed by atoms with Gasteiger partial charge in [-0.05, 0) is 67.4 Å². The third-order valence-electron chi connectivity index (χ3n) is 8.30. The van der Waals surface area contributed by atoms with E-state index in [-0.39, 0.29) is 29.0 Å². The molecular weight excluding hydrogens is 298 g/mol. The van der Waals surface area contributed by atoms with Crippen molar-refractivity contribution in [2.75, 3.05) is 6.61 Å². The van der Waals surface area contributed by atoms with Crippen molar-refractivity contribution in [3.05, 3.63) is 29.6 Å². The van der Waals surface area contributed by atoms with Gasteiger partial charge in [-0.1, -0.05) is 26.8 Å². The summed E-state index contributed by atoms with van der Waals surface area (Å²) in [5, 5.41) is 20.7. The second-order valence-corrected chi connectivity index (χ2v) is 9.34. The number of aliphatic hydroxyl groups is 2. The first kappa shape index (κ1) is 16.5. The maximum Gasteiger partial charge on any atom is 0.0618 e. The van der Waals surface area contributed by atoms with Crippen molar-refractivity contribution >= 4 is 0 Å². The molecule has 2 N–H and O–H groups in total. The summed E-state index contributed by atoms with van der Waals surface area (Å²) in [5.41, 5.74) is 2.70. The van der Waals surface area contributed by atoms with Crippen LogP contribution in [0, 0.1) is 22.7 Å². The Hall–Kier alpha value is -0.930. The number of rotatable bonds is 1. The molecule has 24 heavy (non-hydrogen) atoms. The summed E-state index contributed by atoms with van der Waals surface area (Å²) in [7, 11) is 0. The second-order valence-electron chi connectivity index (χ2n) is 9.34. The van der Waals surface area contributed by atoms with Crippen molar-refractivity contribution in [3.63, 3.8) is 0 Å². The molecule has 2 saturated carbocycles. The fraction of sp³-hybridized carbons (Fsp3) is 0.762. The number of aryl methyl sites for hydroxylation is 1. The Morgan fingerprint density at radius 1 is 1.12 bits per heavy atom. The van der Waals surface area contributed by atoms with Gasteiger partial charge in [-0.15, -0.1) is 0 Å². The van der Waals surface area contributed by atoms with Crippen LogP contribution in [0.3, 0.4) is 0 Å². The lowest BCUT2D eigenvalue weighted by Crippen LogP contribution is -2.62. The fourth-order valence-electron chi connectivity index (χ4n) is 6.96. The molecular formula is C21H31NO2. The lowest BCUT2D eigenvalue weighted by molar-refractivity contribution is -0.179. The topological polar surface area (TPSA) is 53.4 Å². The van der Waals surface area contributed by atoms with E-state index in [0.717, 1.165) is 32.1 Å². The minimum Gasteiger partial charge on any atom is -0.396 e. The number of pyridine rings is 1. The normalized spacial score (nSPS) is 47.5.